The molecule has 1 aromatic carbocycles. The van der Waals surface area contributed by atoms with E-state index in [1.54, 1.807) is 12.4 Å². The molecule has 0 aliphatic heterocycles. The first-order valence-electron chi connectivity index (χ1n) is 7.94. The maximum absolute atomic E-state index is 11.2. The van der Waals surface area contributed by atoms with Gasteiger partial charge in [-0.25, -0.2) is 0 Å². The predicted molar refractivity (Wildman–Crippen MR) is 98.6 cm³/mol. The Morgan fingerprint density at radius 3 is 2.68 bits per heavy atom. The van der Waals surface area contributed by atoms with E-state index in [9.17, 15) is 4.79 Å². The van der Waals surface area contributed by atoms with Crippen LogP contribution in [0.2, 0.25) is 0 Å². The number of amides is 1. The van der Waals surface area contributed by atoms with Crippen molar-refractivity contribution in [2.75, 3.05) is 5.75 Å². The predicted octanol–water partition coefficient (Wildman–Crippen LogP) is 3.03. The largest absolute Gasteiger partial charge is 0.369 e. The van der Waals surface area contributed by atoms with Gasteiger partial charge in [0.15, 0.2) is 11.0 Å². The number of para-hydroxylation sites is 1. The molecule has 0 spiro atoms. The molecule has 0 aliphatic carbocycles. The number of nitrogens with zero attached hydrogens (tertiary/aromatic N) is 4. The number of hydrogen-bond acceptors (Lipinski definition) is 5. The maximum atomic E-state index is 11.2. The number of aromatic nitrogens is 4. The van der Waals surface area contributed by atoms with Gasteiger partial charge < -0.3 is 5.73 Å². The van der Waals surface area contributed by atoms with Gasteiger partial charge in [0.1, 0.15) is 0 Å². The third kappa shape index (κ3) is 3.71. The fraction of sp³-hybridized carbons (Fsp3) is 0.222. The van der Waals surface area contributed by atoms with E-state index in [1.165, 1.54) is 17.3 Å². The summed E-state index contributed by atoms with van der Waals surface area (Å²) in [6.07, 6.45) is 3.47. The summed E-state index contributed by atoms with van der Waals surface area (Å²) in [5.74, 6) is 0.775. The van der Waals surface area contributed by atoms with Crippen LogP contribution in [0.5, 0.6) is 0 Å². The Morgan fingerprint density at radius 2 is 2.00 bits per heavy atom. The van der Waals surface area contributed by atoms with Gasteiger partial charge in [0, 0.05) is 18.0 Å². The molecule has 0 radical (unpaired) electrons. The number of primary amides is 1. The van der Waals surface area contributed by atoms with E-state index >= 15 is 0 Å². The molecule has 0 fully saturated rings. The molecule has 0 bridgehead atoms. The minimum absolute atomic E-state index is 0.148. The molecule has 2 heterocycles. The molecule has 25 heavy (non-hydrogen) atoms. The van der Waals surface area contributed by atoms with E-state index < -0.39 is 0 Å². The Hall–Kier alpha value is -2.67. The zero-order valence-electron chi connectivity index (χ0n) is 14.1. The topological polar surface area (TPSA) is 86.7 Å². The number of pyridine rings is 1. The Morgan fingerprint density at radius 1 is 1.20 bits per heavy atom. The smallest absolute Gasteiger partial charge is 0.227 e. The van der Waals surface area contributed by atoms with E-state index in [1.807, 2.05) is 34.9 Å². The van der Waals surface area contributed by atoms with Crippen molar-refractivity contribution >= 4 is 17.7 Å². The van der Waals surface area contributed by atoms with E-state index in [-0.39, 0.29) is 11.7 Å². The van der Waals surface area contributed by atoms with Crippen LogP contribution in [0.15, 0.2) is 53.9 Å². The summed E-state index contributed by atoms with van der Waals surface area (Å²) in [6.45, 7) is 4.28. The van der Waals surface area contributed by atoms with Crippen LogP contribution >= 0.6 is 11.8 Å². The Kier molecular flexibility index (Phi) is 5.14. The van der Waals surface area contributed by atoms with Crippen molar-refractivity contribution in [1.82, 2.24) is 19.7 Å². The summed E-state index contributed by atoms with van der Waals surface area (Å²) in [6, 6.07) is 11.9. The summed E-state index contributed by atoms with van der Waals surface area (Å²) < 4.78 is 1.97. The minimum atomic E-state index is -0.389. The molecule has 0 unspecified atom stereocenters. The van der Waals surface area contributed by atoms with Gasteiger partial charge in [-0.1, -0.05) is 43.8 Å². The van der Waals surface area contributed by atoms with Crippen molar-refractivity contribution in [3.63, 3.8) is 0 Å². The molecule has 0 saturated carbocycles. The molecule has 128 valence electrons. The van der Waals surface area contributed by atoms with Crippen LogP contribution in [0.4, 0.5) is 0 Å². The number of carbonyl (C=O) groups excluding carboxylic acids is 1. The number of rotatable bonds is 6. The van der Waals surface area contributed by atoms with Crippen LogP contribution in [0, 0.1) is 0 Å². The monoisotopic (exact) mass is 353 g/mol. The van der Waals surface area contributed by atoms with Gasteiger partial charge in [0.25, 0.3) is 0 Å². The molecule has 2 N–H and O–H groups in total. The summed E-state index contributed by atoms with van der Waals surface area (Å²) in [4.78, 5) is 15.4. The first-order valence-corrected chi connectivity index (χ1v) is 8.92. The zero-order valence-corrected chi connectivity index (χ0v) is 14.9. The lowest BCUT2D eigenvalue weighted by Gasteiger charge is -2.16. The van der Waals surface area contributed by atoms with Crippen LogP contribution in [-0.4, -0.2) is 31.4 Å². The van der Waals surface area contributed by atoms with Crippen molar-refractivity contribution in [3.8, 4) is 17.1 Å². The van der Waals surface area contributed by atoms with Crippen molar-refractivity contribution in [2.45, 2.75) is 24.9 Å². The highest BCUT2D eigenvalue weighted by atomic mass is 32.2. The second kappa shape index (κ2) is 7.48. The van der Waals surface area contributed by atoms with Gasteiger partial charge in [-0.05, 0) is 29.7 Å². The lowest BCUT2D eigenvalue weighted by molar-refractivity contribution is -0.115. The Labute approximate surface area is 150 Å². The highest BCUT2D eigenvalue weighted by Crippen LogP contribution is 2.31. The molecule has 3 aromatic rings. The number of carbonyl (C=O) groups is 1. The summed E-state index contributed by atoms with van der Waals surface area (Å²) in [5.41, 5.74) is 8.33. The third-order valence-corrected chi connectivity index (χ3v) is 4.65. The average Bonchev–Trinajstić information content (AvgIpc) is 3.04. The van der Waals surface area contributed by atoms with Crippen molar-refractivity contribution in [1.29, 1.82) is 0 Å². The molecule has 6 nitrogen and oxygen atoms in total. The summed E-state index contributed by atoms with van der Waals surface area (Å²) in [5, 5.41) is 9.25. The molecule has 0 saturated heterocycles. The number of nitrogens with two attached hydrogens (primary N) is 1. The zero-order chi connectivity index (χ0) is 17.8. The standard InChI is InChI=1S/C18H19N5OS/c1-12(2)14-7-3-4-8-15(14)23-17(13-6-5-9-20-10-13)21-22-18(23)25-11-16(19)24/h3-10,12H,11H2,1-2H3,(H2,19,24). The quantitative estimate of drug-likeness (QED) is 0.688. The van der Waals surface area contributed by atoms with Gasteiger partial charge in [-0.2, -0.15) is 0 Å². The fourth-order valence-electron chi connectivity index (χ4n) is 2.58. The molecular weight excluding hydrogens is 334 g/mol. The fourth-order valence-corrected chi connectivity index (χ4v) is 3.26. The van der Waals surface area contributed by atoms with Crippen LogP contribution in [-0.2, 0) is 4.79 Å². The van der Waals surface area contributed by atoms with E-state index in [2.05, 4.69) is 35.1 Å². The summed E-state index contributed by atoms with van der Waals surface area (Å²) >= 11 is 1.28. The van der Waals surface area contributed by atoms with Crippen LogP contribution in [0.1, 0.15) is 25.3 Å². The van der Waals surface area contributed by atoms with Crippen LogP contribution in [0.3, 0.4) is 0 Å². The van der Waals surface area contributed by atoms with Crippen LogP contribution < -0.4 is 5.73 Å². The van der Waals surface area contributed by atoms with Gasteiger partial charge in [0.05, 0.1) is 11.4 Å². The van der Waals surface area contributed by atoms with Crippen molar-refractivity contribution in [2.24, 2.45) is 5.73 Å². The Balaban J connectivity index is 2.18. The molecule has 1 amide bonds. The number of thioether (sulfide) groups is 1. The first kappa shape index (κ1) is 17.2. The van der Waals surface area contributed by atoms with Gasteiger partial charge in [-0.15, -0.1) is 10.2 Å². The number of hydrogen-bond donors (Lipinski definition) is 1. The van der Waals surface area contributed by atoms with Crippen molar-refractivity contribution in [3.05, 3.63) is 54.4 Å². The molecule has 0 atom stereocenters. The third-order valence-electron chi connectivity index (χ3n) is 3.70. The van der Waals surface area contributed by atoms with E-state index in [4.69, 9.17) is 5.73 Å². The second-order valence-electron chi connectivity index (χ2n) is 5.85. The SMILES string of the molecule is CC(C)c1ccccc1-n1c(SCC(N)=O)nnc1-c1cccnc1. The lowest BCUT2D eigenvalue weighted by atomic mass is 10.0. The molecule has 3 rings (SSSR count). The van der Waals surface area contributed by atoms with Crippen molar-refractivity contribution < 1.29 is 4.79 Å². The first-order chi connectivity index (χ1) is 12.1. The Bertz CT molecular complexity index is 876. The highest BCUT2D eigenvalue weighted by Gasteiger charge is 2.19. The summed E-state index contributed by atoms with van der Waals surface area (Å²) in [7, 11) is 0. The van der Waals surface area contributed by atoms with Gasteiger partial charge in [0.2, 0.25) is 5.91 Å². The normalized spacial score (nSPS) is 11.0. The lowest BCUT2D eigenvalue weighted by Crippen LogP contribution is -2.14. The number of benzene rings is 1. The minimum Gasteiger partial charge on any atom is -0.369 e. The molecule has 2 aromatic heterocycles. The average molecular weight is 353 g/mol. The van der Waals surface area contributed by atoms with Gasteiger partial charge >= 0.3 is 0 Å². The van der Waals surface area contributed by atoms with E-state index in [0.717, 1.165) is 11.3 Å². The molecule has 0 aliphatic rings. The highest BCUT2D eigenvalue weighted by molar-refractivity contribution is 7.99. The maximum Gasteiger partial charge on any atom is 0.227 e. The molecule has 7 heteroatoms. The van der Waals surface area contributed by atoms with E-state index in [0.29, 0.717) is 16.9 Å². The molecular formula is C18H19N5OS. The van der Waals surface area contributed by atoms with Gasteiger partial charge in [-0.3, -0.25) is 14.3 Å². The van der Waals surface area contributed by atoms with Crippen LogP contribution in [0.25, 0.3) is 17.1 Å². The second-order valence-corrected chi connectivity index (χ2v) is 6.79.